The molecule has 116 valence electrons. The molecule has 2 nitrogen and oxygen atoms in total. The highest BCUT2D eigenvalue weighted by Gasteiger charge is 2.14. The molecule has 0 radical (unpaired) electrons. The van der Waals surface area contributed by atoms with E-state index in [-0.39, 0.29) is 5.97 Å². The van der Waals surface area contributed by atoms with Crippen LogP contribution >= 0.6 is 0 Å². The second kappa shape index (κ2) is 12.0. The Balaban J connectivity index is 1.94. The molecule has 1 aliphatic rings. The zero-order chi connectivity index (χ0) is 14.5. The van der Waals surface area contributed by atoms with Gasteiger partial charge in [-0.05, 0) is 31.6 Å². The molecule has 0 heterocycles. The van der Waals surface area contributed by atoms with Crippen molar-refractivity contribution in [1.29, 1.82) is 0 Å². The number of ether oxygens (including phenoxy) is 1. The molecular formula is C18H32O2. The van der Waals surface area contributed by atoms with Crippen LogP contribution in [0.2, 0.25) is 0 Å². The van der Waals surface area contributed by atoms with Crippen LogP contribution in [-0.2, 0) is 9.53 Å². The minimum atomic E-state index is -0.151. The highest BCUT2D eigenvalue weighted by atomic mass is 16.5. The molecule has 0 aromatic rings. The van der Waals surface area contributed by atoms with E-state index >= 15 is 0 Å². The summed E-state index contributed by atoms with van der Waals surface area (Å²) in [5.41, 5.74) is 0. The smallest absolute Gasteiger partial charge is 0.330 e. The Morgan fingerprint density at radius 1 is 1.05 bits per heavy atom. The van der Waals surface area contributed by atoms with Gasteiger partial charge in [0.25, 0.3) is 0 Å². The van der Waals surface area contributed by atoms with Gasteiger partial charge in [0.1, 0.15) is 0 Å². The van der Waals surface area contributed by atoms with E-state index in [9.17, 15) is 4.79 Å². The van der Waals surface area contributed by atoms with Crippen molar-refractivity contribution in [3.8, 4) is 0 Å². The van der Waals surface area contributed by atoms with Crippen LogP contribution in [0.1, 0.15) is 84.0 Å². The maximum Gasteiger partial charge on any atom is 0.330 e. The maximum atomic E-state index is 11.6. The molecule has 0 spiro atoms. The quantitative estimate of drug-likeness (QED) is 0.303. The molecule has 1 fully saturated rings. The van der Waals surface area contributed by atoms with Gasteiger partial charge in [0.15, 0.2) is 0 Å². The predicted octanol–water partition coefficient (Wildman–Crippen LogP) is 5.42. The first kappa shape index (κ1) is 17.3. The van der Waals surface area contributed by atoms with Crippen molar-refractivity contribution in [3.63, 3.8) is 0 Å². The Labute approximate surface area is 125 Å². The van der Waals surface area contributed by atoms with Crippen LogP contribution in [0.5, 0.6) is 0 Å². The van der Waals surface area contributed by atoms with E-state index < -0.39 is 0 Å². The normalized spacial score (nSPS) is 16.6. The van der Waals surface area contributed by atoms with Gasteiger partial charge in [-0.1, -0.05) is 64.4 Å². The van der Waals surface area contributed by atoms with Crippen LogP contribution in [0.15, 0.2) is 12.2 Å². The third kappa shape index (κ3) is 9.17. The van der Waals surface area contributed by atoms with Gasteiger partial charge < -0.3 is 4.74 Å². The van der Waals surface area contributed by atoms with Gasteiger partial charge in [0, 0.05) is 6.08 Å². The van der Waals surface area contributed by atoms with E-state index in [2.05, 4.69) is 6.92 Å². The van der Waals surface area contributed by atoms with Gasteiger partial charge in [0.2, 0.25) is 0 Å². The summed E-state index contributed by atoms with van der Waals surface area (Å²) >= 11 is 0. The molecule has 0 aromatic carbocycles. The SMILES string of the molecule is CCCCCCCCC=CC(=O)OCC1CCCCC1. The average molecular weight is 280 g/mol. The number of unbranched alkanes of at least 4 members (excludes halogenated alkanes) is 6. The maximum absolute atomic E-state index is 11.6. The molecule has 0 amide bonds. The zero-order valence-corrected chi connectivity index (χ0v) is 13.2. The molecule has 0 N–H and O–H groups in total. The number of carbonyl (C=O) groups excluding carboxylic acids is 1. The van der Waals surface area contributed by atoms with E-state index in [1.165, 1.54) is 70.6 Å². The Morgan fingerprint density at radius 2 is 1.75 bits per heavy atom. The van der Waals surface area contributed by atoms with Gasteiger partial charge in [-0.2, -0.15) is 0 Å². The molecule has 1 saturated carbocycles. The van der Waals surface area contributed by atoms with Crippen LogP contribution in [0.4, 0.5) is 0 Å². The number of hydrogen-bond donors (Lipinski definition) is 0. The highest BCUT2D eigenvalue weighted by Crippen LogP contribution is 2.23. The summed E-state index contributed by atoms with van der Waals surface area (Å²) in [6, 6.07) is 0. The summed E-state index contributed by atoms with van der Waals surface area (Å²) in [4.78, 5) is 11.6. The van der Waals surface area contributed by atoms with Crippen molar-refractivity contribution in [2.45, 2.75) is 84.0 Å². The van der Waals surface area contributed by atoms with Crippen molar-refractivity contribution in [1.82, 2.24) is 0 Å². The fraction of sp³-hybridized carbons (Fsp3) is 0.833. The van der Waals surface area contributed by atoms with Gasteiger partial charge in [-0.25, -0.2) is 4.79 Å². The molecule has 0 aromatic heterocycles. The lowest BCUT2D eigenvalue weighted by Crippen LogP contribution is -2.15. The molecular weight excluding hydrogens is 248 g/mol. The molecule has 0 bridgehead atoms. The zero-order valence-electron chi connectivity index (χ0n) is 13.2. The number of allylic oxidation sites excluding steroid dienone is 1. The average Bonchev–Trinajstić information content (AvgIpc) is 2.49. The first-order valence-electron chi connectivity index (χ1n) is 8.66. The van der Waals surface area contributed by atoms with Crippen LogP contribution in [0.25, 0.3) is 0 Å². The molecule has 1 aliphatic carbocycles. The first-order valence-corrected chi connectivity index (χ1v) is 8.66. The van der Waals surface area contributed by atoms with E-state index in [0.29, 0.717) is 12.5 Å². The third-order valence-corrected chi connectivity index (χ3v) is 4.16. The lowest BCUT2D eigenvalue weighted by atomic mass is 9.90. The summed E-state index contributed by atoms with van der Waals surface area (Å²) in [5, 5.41) is 0. The fourth-order valence-electron chi connectivity index (χ4n) is 2.82. The number of esters is 1. The van der Waals surface area contributed by atoms with Crippen molar-refractivity contribution < 1.29 is 9.53 Å². The van der Waals surface area contributed by atoms with Crippen LogP contribution in [-0.4, -0.2) is 12.6 Å². The van der Waals surface area contributed by atoms with Crippen molar-refractivity contribution in [2.24, 2.45) is 5.92 Å². The summed E-state index contributed by atoms with van der Waals surface area (Å²) in [5.74, 6) is 0.459. The van der Waals surface area contributed by atoms with Gasteiger partial charge in [0.05, 0.1) is 6.61 Å². The highest BCUT2D eigenvalue weighted by molar-refractivity contribution is 5.81. The van der Waals surface area contributed by atoms with E-state index in [4.69, 9.17) is 4.74 Å². The van der Waals surface area contributed by atoms with E-state index in [1.54, 1.807) is 6.08 Å². The molecule has 20 heavy (non-hydrogen) atoms. The molecule has 0 atom stereocenters. The monoisotopic (exact) mass is 280 g/mol. The largest absolute Gasteiger partial charge is 0.462 e. The Bertz CT molecular complexity index is 265. The second-order valence-electron chi connectivity index (χ2n) is 6.09. The lowest BCUT2D eigenvalue weighted by Gasteiger charge is -2.20. The number of hydrogen-bond acceptors (Lipinski definition) is 2. The molecule has 1 rings (SSSR count). The number of carbonyl (C=O) groups is 1. The van der Waals surface area contributed by atoms with E-state index in [1.807, 2.05) is 6.08 Å². The summed E-state index contributed by atoms with van der Waals surface area (Å²) in [6.07, 6.45) is 18.8. The van der Waals surface area contributed by atoms with Crippen LogP contribution in [0, 0.1) is 5.92 Å². The standard InChI is InChI=1S/C18H32O2/c1-2-3-4-5-6-7-8-12-15-18(19)20-16-17-13-10-9-11-14-17/h12,15,17H,2-11,13-14,16H2,1H3. The second-order valence-corrected chi connectivity index (χ2v) is 6.09. The van der Waals surface area contributed by atoms with Gasteiger partial charge >= 0.3 is 5.97 Å². The topological polar surface area (TPSA) is 26.3 Å². The Morgan fingerprint density at radius 3 is 2.50 bits per heavy atom. The van der Waals surface area contributed by atoms with Crippen molar-refractivity contribution >= 4 is 5.97 Å². The molecule has 0 saturated heterocycles. The molecule has 0 aliphatic heterocycles. The fourth-order valence-corrected chi connectivity index (χ4v) is 2.82. The van der Waals surface area contributed by atoms with Crippen LogP contribution in [0.3, 0.4) is 0 Å². The first-order chi connectivity index (χ1) is 9.83. The van der Waals surface area contributed by atoms with Crippen molar-refractivity contribution in [3.05, 3.63) is 12.2 Å². The number of rotatable bonds is 10. The molecule has 0 unspecified atom stereocenters. The third-order valence-electron chi connectivity index (χ3n) is 4.16. The summed E-state index contributed by atoms with van der Waals surface area (Å²) < 4.78 is 5.32. The van der Waals surface area contributed by atoms with Gasteiger partial charge in [-0.3, -0.25) is 0 Å². The van der Waals surface area contributed by atoms with Gasteiger partial charge in [-0.15, -0.1) is 0 Å². The lowest BCUT2D eigenvalue weighted by molar-refractivity contribution is -0.139. The Hall–Kier alpha value is -0.790. The minimum Gasteiger partial charge on any atom is -0.462 e. The minimum absolute atomic E-state index is 0.151. The van der Waals surface area contributed by atoms with E-state index in [0.717, 1.165) is 6.42 Å². The van der Waals surface area contributed by atoms with Crippen molar-refractivity contribution in [2.75, 3.05) is 6.61 Å². The van der Waals surface area contributed by atoms with Crippen LogP contribution < -0.4 is 0 Å². The Kier molecular flexibility index (Phi) is 10.3. The summed E-state index contributed by atoms with van der Waals surface area (Å²) in [6.45, 7) is 2.86. The molecule has 2 heteroatoms. The predicted molar refractivity (Wildman–Crippen MR) is 84.7 cm³/mol. The summed E-state index contributed by atoms with van der Waals surface area (Å²) in [7, 11) is 0.